The Morgan fingerprint density at radius 3 is 2.55 bits per heavy atom. The Bertz CT molecular complexity index is 778. The Morgan fingerprint density at radius 1 is 1.20 bits per heavy atom. The number of aryl methyl sites for hydroxylation is 2. The summed E-state index contributed by atoms with van der Waals surface area (Å²) in [6.07, 6.45) is 2.01. The van der Waals surface area contributed by atoms with Crippen molar-refractivity contribution in [2.24, 2.45) is 0 Å². The van der Waals surface area contributed by atoms with Gasteiger partial charge in [0, 0.05) is 22.8 Å². The molecule has 2 heterocycles. The van der Waals surface area contributed by atoms with Crippen molar-refractivity contribution in [3.63, 3.8) is 0 Å². The number of benzene rings is 1. The van der Waals surface area contributed by atoms with Crippen LogP contribution in [0.2, 0.25) is 0 Å². The van der Waals surface area contributed by atoms with Gasteiger partial charge in [-0.1, -0.05) is 0 Å². The van der Waals surface area contributed by atoms with E-state index in [0.29, 0.717) is 5.82 Å². The molecule has 0 amide bonds. The predicted molar refractivity (Wildman–Crippen MR) is 81.0 cm³/mol. The highest BCUT2D eigenvalue weighted by atomic mass is 79.9. The molecule has 0 fully saturated rings. The van der Waals surface area contributed by atoms with Crippen molar-refractivity contribution in [1.82, 2.24) is 14.5 Å². The van der Waals surface area contributed by atoms with Crippen LogP contribution < -0.4 is 0 Å². The van der Waals surface area contributed by atoms with Crippen LogP contribution in [0.15, 0.2) is 34.9 Å². The van der Waals surface area contributed by atoms with Crippen molar-refractivity contribution in [3.8, 4) is 11.4 Å². The minimum atomic E-state index is -0.258. The van der Waals surface area contributed by atoms with E-state index in [0.717, 1.165) is 33.3 Å². The van der Waals surface area contributed by atoms with Gasteiger partial charge >= 0.3 is 0 Å². The number of nitrogens with zero attached hydrogens (tertiary/aromatic N) is 3. The summed E-state index contributed by atoms with van der Waals surface area (Å²) in [6.45, 7) is 4.87. The highest BCUT2D eigenvalue weighted by molar-refractivity contribution is 9.10. The lowest BCUT2D eigenvalue weighted by atomic mass is 10.2. The Balaban J connectivity index is 2.25. The van der Waals surface area contributed by atoms with Crippen molar-refractivity contribution in [1.29, 1.82) is 0 Å². The number of aromatic nitrogens is 3. The van der Waals surface area contributed by atoms with Crippen LogP contribution in [0.1, 0.15) is 12.6 Å². The average Bonchev–Trinajstić information content (AvgIpc) is 2.76. The predicted octanol–water partition coefficient (Wildman–Crippen LogP) is 4.33. The van der Waals surface area contributed by atoms with Crippen LogP contribution >= 0.6 is 15.9 Å². The molecule has 0 aliphatic rings. The SMILES string of the molecule is CCn1cc(Br)c2c(C)nc(-c3ccc(F)cc3)nc21. The fraction of sp³-hybridized carbons (Fsp3) is 0.200. The summed E-state index contributed by atoms with van der Waals surface area (Å²) < 4.78 is 16.1. The molecule has 20 heavy (non-hydrogen) atoms. The third-order valence-electron chi connectivity index (χ3n) is 3.29. The molecule has 0 bridgehead atoms. The van der Waals surface area contributed by atoms with Gasteiger partial charge in [-0.3, -0.25) is 0 Å². The summed E-state index contributed by atoms with van der Waals surface area (Å²) in [6, 6.07) is 6.24. The molecule has 0 atom stereocenters. The van der Waals surface area contributed by atoms with E-state index in [1.165, 1.54) is 12.1 Å². The highest BCUT2D eigenvalue weighted by Crippen LogP contribution is 2.29. The van der Waals surface area contributed by atoms with Crippen LogP contribution in [0.5, 0.6) is 0 Å². The summed E-state index contributed by atoms with van der Waals surface area (Å²) in [5, 5.41) is 1.03. The Hall–Kier alpha value is -1.75. The van der Waals surface area contributed by atoms with E-state index >= 15 is 0 Å². The Labute approximate surface area is 124 Å². The van der Waals surface area contributed by atoms with Crippen molar-refractivity contribution in [3.05, 3.63) is 46.4 Å². The minimum absolute atomic E-state index is 0.258. The molecular weight excluding hydrogens is 321 g/mol. The molecule has 5 heteroatoms. The fourth-order valence-corrected chi connectivity index (χ4v) is 2.99. The molecule has 0 saturated heterocycles. The van der Waals surface area contributed by atoms with Crippen molar-refractivity contribution in [2.45, 2.75) is 20.4 Å². The van der Waals surface area contributed by atoms with Crippen LogP contribution in [-0.4, -0.2) is 14.5 Å². The first kappa shape index (κ1) is 13.2. The lowest BCUT2D eigenvalue weighted by molar-refractivity contribution is 0.628. The topological polar surface area (TPSA) is 30.7 Å². The molecule has 0 radical (unpaired) electrons. The first-order valence-electron chi connectivity index (χ1n) is 6.39. The Morgan fingerprint density at radius 2 is 1.90 bits per heavy atom. The summed E-state index contributed by atoms with van der Waals surface area (Å²) in [4.78, 5) is 9.16. The van der Waals surface area contributed by atoms with Crippen LogP contribution in [0.3, 0.4) is 0 Å². The van der Waals surface area contributed by atoms with Crippen LogP contribution in [-0.2, 0) is 6.54 Å². The molecule has 3 aromatic rings. The standard InChI is InChI=1S/C15H13BrFN3/c1-3-20-8-12(16)13-9(2)18-14(19-15(13)20)10-4-6-11(17)7-5-10/h4-8H,3H2,1-2H3. The van der Waals surface area contributed by atoms with Gasteiger partial charge in [0.2, 0.25) is 0 Å². The molecule has 0 spiro atoms. The van der Waals surface area contributed by atoms with Crippen molar-refractivity contribution < 1.29 is 4.39 Å². The third-order valence-corrected chi connectivity index (χ3v) is 3.90. The fourth-order valence-electron chi connectivity index (χ4n) is 2.28. The normalized spacial score (nSPS) is 11.2. The lowest BCUT2D eigenvalue weighted by Gasteiger charge is -2.05. The zero-order valence-electron chi connectivity index (χ0n) is 11.2. The minimum Gasteiger partial charge on any atom is -0.331 e. The van der Waals surface area contributed by atoms with Gasteiger partial charge in [0.25, 0.3) is 0 Å². The number of hydrogen-bond acceptors (Lipinski definition) is 2. The molecule has 3 rings (SSSR count). The second kappa shape index (κ2) is 4.98. The van der Waals surface area contributed by atoms with Gasteiger partial charge in [-0.25, -0.2) is 14.4 Å². The second-order valence-corrected chi connectivity index (χ2v) is 5.46. The van der Waals surface area contributed by atoms with Gasteiger partial charge in [0.15, 0.2) is 5.82 Å². The second-order valence-electron chi connectivity index (χ2n) is 4.60. The smallest absolute Gasteiger partial charge is 0.161 e. The van der Waals surface area contributed by atoms with Gasteiger partial charge in [0.1, 0.15) is 11.5 Å². The summed E-state index contributed by atoms with van der Waals surface area (Å²) >= 11 is 3.55. The maximum atomic E-state index is 13.0. The lowest BCUT2D eigenvalue weighted by Crippen LogP contribution is -1.98. The monoisotopic (exact) mass is 333 g/mol. The molecular formula is C15H13BrFN3. The van der Waals surface area contributed by atoms with E-state index in [2.05, 4.69) is 37.4 Å². The number of hydrogen-bond donors (Lipinski definition) is 0. The molecule has 0 saturated carbocycles. The zero-order valence-corrected chi connectivity index (χ0v) is 12.8. The summed E-state index contributed by atoms with van der Waals surface area (Å²) in [5.74, 6) is 0.363. The Kier molecular flexibility index (Phi) is 3.30. The van der Waals surface area contributed by atoms with Crippen LogP contribution in [0, 0.1) is 12.7 Å². The molecule has 0 unspecified atom stereocenters. The molecule has 1 aromatic carbocycles. The zero-order chi connectivity index (χ0) is 14.3. The van der Waals surface area contributed by atoms with Crippen LogP contribution in [0.25, 0.3) is 22.4 Å². The summed E-state index contributed by atoms with van der Waals surface area (Å²) in [7, 11) is 0. The number of rotatable bonds is 2. The molecule has 2 aromatic heterocycles. The van der Waals surface area contributed by atoms with Gasteiger partial charge < -0.3 is 4.57 Å². The first-order valence-corrected chi connectivity index (χ1v) is 7.18. The summed E-state index contributed by atoms with van der Waals surface area (Å²) in [5.41, 5.74) is 2.62. The van der Waals surface area contributed by atoms with Gasteiger partial charge in [-0.15, -0.1) is 0 Å². The van der Waals surface area contributed by atoms with E-state index in [1.54, 1.807) is 12.1 Å². The number of halogens is 2. The molecule has 0 N–H and O–H groups in total. The van der Waals surface area contributed by atoms with Gasteiger partial charge in [0.05, 0.1) is 11.1 Å². The maximum Gasteiger partial charge on any atom is 0.161 e. The number of fused-ring (bicyclic) bond motifs is 1. The molecule has 3 nitrogen and oxygen atoms in total. The third kappa shape index (κ3) is 2.12. The average molecular weight is 334 g/mol. The van der Waals surface area contributed by atoms with Crippen LogP contribution in [0.4, 0.5) is 4.39 Å². The van der Waals surface area contributed by atoms with E-state index < -0.39 is 0 Å². The highest BCUT2D eigenvalue weighted by Gasteiger charge is 2.13. The van der Waals surface area contributed by atoms with Crippen molar-refractivity contribution in [2.75, 3.05) is 0 Å². The van der Waals surface area contributed by atoms with E-state index in [9.17, 15) is 4.39 Å². The van der Waals surface area contributed by atoms with Crippen molar-refractivity contribution >= 4 is 27.0 Å². The van der Waals surface area contributed by atoms with E-state index in [1.807, 2.05) is 13.1 Å². The first-order chi connectivity index (χ1) is 9.60. The molecule has 0 aliphatic carbocycles. The van der Waals surface area contributed by atoms with E-state index in [4.69, 9.17) is 0 Å². The maximum absolute atomic E-state index is 13.0. The van der Waals surface area contributed by atoms with Gasteiger partial charge in [-0.2, -0.15) is 0 Å². The molecule has 0 aliphatic heterocycles. The molecule has 102 valence electrons. The van der Waals surface area contributed by atoms with Gasteiger partial charge in [-0.05, 0) is 54.0 Å². The quantitative estimate of drug-likeness (QED) is 0.698. The largest absolute Gasteiger partial charge is 0.331 e. The van der Waals surface area contributed by atoms with E-state index in [-0.39, 0.29) is 5.82 Å².